The molecule has 18 heavy (non-hydrogen) atoms. The van der Waals surface area contributed by atoms with Crippen LogP contribution in [-0.4, -0.2) is 10.6 Å². The van der Waals surface area contributed by atoms with Gasteiger partial charge in [-0.3, -0.25) is 0 Å². The molecular weight excluding hydrogens is 220 g/mol. The van der Waals surface area contributed by atoms with E-state index >= 15 is 0 Å². The van der Waals surface area contributed by atoms with Crippen LogP contribution >= 0.6 is 0 Å². The van der Waals surface area contributed by atoms with Gasteiger partial charge in [-0.15, -0.1) is 6.58 Å². The Hall–Kier alpha value is -1.54. The van der Waals surface area contributed by atoms with E-state index in [1.165, 1.54) is 22.2 Å². The largest absolute Gasteiger partial charge is 0.346 e. The highest BCUT2D eigenvalue weighted by molar-refractivity contribution is 5.85. The molecule has 1 atom stereocenters. The lowest BCUT2D eigenvalue weighted by Crippen LogP contribution is -2.26. The van der Waals surface area contributed by atoms with Crippen molar-refractivity contribution >= 4 is 10.9 Å². The Balaban J connectivity index is 2.25. The first-order valence-electron chi connectivity index (χ1n) is 6.52. The van der Waals surface area contributed by atoms with Gasteiger partial charge in [-0.1, -0.05) is 24.3 Å². The van der Waals surface area contributed by atoms with Crippen molar-refractivity contribution in [2.24, 2.45) is 7.05 Å². The average Bonchev–Trinajstić information content (AvgIpc) is 2.61. The van der Waals surface area contributed by atoms with Gasteiger partial charge in [0.05, 0.1) is 0 Å². The summed E-state index contributed by atoms with van der Waals surface area (Å²) in [6, 6.07) is 9.05. The summed E-state index contributed by atoms with van der Waals surface area (Å²) in [5, 5.41) is 4.91. The minimum atomic E-state index is 0.472. The van der Waals surface area contributed by atoms with Crippen LogP contribution in [0.25, 0.3) is 10.9 Å². The Labute approximate surface area is 109 Å². The second-order valence-electron chi connectivity index (χ2n) is 4.95. The van der Waals surface area contributed by atoms with Gasteiger partial charge in [0.1, 0.15) is 0 Å². The second-order valence-corrected chi connectivity index (χ2v) is 4.95. The van der Waals surface area contributed by atoms with Crippen LogP contribution in [0.2, 0.25) is 0 Å². The van der Waals surface area contributed by atoms with Crippen molar-refractivity contribution in [2.75, 3.05) is 0 Å². The third kappa shape index (κ3) is 2.34. The predicted molar refractivity (Wildman–Crippen MR) is 78.8 cm³/mol. The van der Waals surface area contributed by atoms with Crippen molar-refractivity contribution in [3.8, 4) is 0 Å². The highest BCUT2D eigenvalue weighted by Crippen LogP contribution is 2.24. The molecule has 2 heteroatoms. The maximum Gasteiger partial charge on any atom is 0.0483 e. The zero-order valence-electron chi connectivity index (χ0n) is 11.5. The van der Waals surface area contributed by atoms with Crippen LogP contribution < -0.4 is 5.32 Å². The van der Waals surface area contributed by atoms with Gasteiger partial charge < -0.3 is 9.88 Å². The first-order valence-corrected chi connectivity index (χ1v) is 6.52. The van der Waals surface area contributed by atoms with Crippen molar-refractivity contribution in [1.82, 2.24) is 9.88 Å². The summed E-state index contributed by atoms with van der Waals surface area (Å²) >= 11 is 0. The van der Waals surface area contributed by atoms with Crippen LogP contribution in [0.15, 0.2) is 36.9 Å². The number of nitrogens with zero attached hydrogens (tertiary/aromatic N) is 1. The van der Waals surface area contributed by atoms with E-state index in [1.807, 2.05) is 6.08 Å². The molecule has 1 unspecified atom stereocenters. The number of hydrogen-bond donors (Lipinski definition) is 1. The van der Waals surface area contributed by atoms with Crippen molar-refractivity contribution in [1.29, 1.82) is 0 Å². The van der Waals surface area contributed by atoms with Crippen LogP contribution in [0.3, 0.4) is 0 Å². The van der Waals surface area contributed by atoms with Crippen LogP contribution in [0.5, 0.6) is 0 Å². The molecule has 0 aliphatic carbocycles. The molecule has 0 aliphatic heterocycles. The molecule has 0 saturated carbocycles. The highest BCUT2D eigenvalue weighted by Gasteiger charge is 2.11. The normalized spacial score (nSPS) is 12.8. The molecule has 0 saturated heterocycles. The summed E-state index contributed by atoms with van der Waals surface area (Å²) < 4.78 is 2.29. The second kappa shape index (κ2) is 5.40. The molecule has 0 amide bonds. The molecule has 0 bridgehead atoms. The Morgan fingerprint density at radius 1 is 1.39 bits per heavy atom. The fourth-order valence-electron chi connectivity index (χ4n) is 2.49. The lowest BCUT2D eigenvalue weighted by Gasteiger charge is -2.13. The lowest BCUT2D eigenvalue weighted by atomic mass is 10.1. The van der Waals surface area contributed by atoms with Gasteiger partial charge in [0.15, 0.2) is 0 Å². The van der Waals surface area contributed by atoms with Crippen molar-refractivity contribution in [2.45, 2.75) is 32.9 Å². The topological polar surface area (TPSA) is 17.0 Å². The molecule has 96 valence electrons. The number of nitrogens with one attached hydrogen (secondary N) is 1. The van der Waals surface area contributed by atoms with E-state index in [1.54, 1.807) is 0 Å². The molecule has 1 aromatic heterocycles. The molecule has 1 N–H and O–H groups in total. The summed E-state index contributed by atoms with van der Waals surface area (Å²) in [6.07, 6.45) is 2.97. The summed E-state index contributed by atoms with van der Waals surface area (Å²) in [5.41, 5.74) is 4.06. The van der Waals surface area contributed by atoms with Gasteiger partial charge in [-0.2, -0.15) is 0 Å². The Bertz CT molecular complexity index is 512. The smallest absolute Gasteiger partial charge is 0.0483 e. The molecule has 1 aromatic carbocycles. The molecule has 0 radical (unpaired) electrons. The highest BCUT2D eigenvalue weighted by atomic mass is 15.0. The number of fused-ring (bicyclic) bond motifs is 1. The number of para-hydroxylation sites is 1. The minimum Gasteiger partial charge on any atom is -0.346 e. The van der Waals surface area contributed by atoms with Gasteiger partial charge in [0.25, 0.3) is 0 Å². The van der Waals surface area contributed by atoms with E-state index < -0.39 is 0 Å². The zero-order chi connectivity index (χ0) is 13.1. The van der Waals surface area contributed by atoms with E-state index in [-0.39, 0.29) is 0 Å². The van der Waals surface area contributed by atoms with Crippen molar-refractivity contribution < 1.29 is 0 Å². The third-order valence-corrected chi connectivity index (χ3v) is 3.65. The Morgan fingerprint density at radius 2 is 2.11 bits per heavy atom. The molecular formula is C16H22N2. The number of rotatable bonds is 5. The van der Waals surface area contributed by atoms with Gasteiger partial charge in [0, 0.05) is 36.2 Å². The summed E-state index contributed by atoms with van der Waals surface area (Å²) in [5.74, 6) is 0. The number of benzene rings is 1. The lowest BCUT2D eigenvalue weighted by molar-refractivity contribution is 0.540. The molecule has 0 aliphatic rings. The summed E-state index contributed by atoms with van der Waals surface area (Å²) in [7, 11) is 2.14. The molecule has 0 fully saturated rings. The van der Waals surface area contributed by atoms with E-state index in [0.29, 0.717) is 6.04 Å². The van der Waals surface area contributed by atoms with Crippen LogP contribution in [0.1, 0.15) is 24.6 Å². The zero-order valence-corrected chi connectivity index (χ0v) is 11.5. The molecule has 0 spiro atoms. The quantitative estimate of drug-likeness (QED) is 0.794. The number of aromatic nitrogens is 1. The van der Waals surface area contributed by atoms with Gasteiger partial charge in [-0.25, -0.2) is 0 Å². The predicted octanol–water partition coefficient (Wildman–Crippen LogP) is 3.54. The maximum atomic E-state index is 3.78. The van der Waals surface area contributed by atoms with Crippen LogP contribution in [-0.2, 0) is 13.6 Å². The van der Waals surface area contributed by atoms with Gasteiger partial charge in [0.2, 0.25) is 0 Å². The van der Waals surface area contributed by atoms with E-state index in [0.717, 1.165) is 13.0 Å². The monoisotopic (exact) mass is 242 g/mol. The summed E-state index contributed by atoms with van der Waals surface area (Å²) in [4.78, 5) is 0. The first-order chi connectivity index (χ1) is 8.65. The van der Waals surface area contributed by atoms with Crippen LogP contribution in [0.4, 0.5) is 0 Å². The average molecular weight is 242 g/mol. The third-order valence-electron chi connectivity index (χ3n) is 3.65. The van der Waals surface area contributed by atoms with Gasteiger partial charge in [-0.05, 0) is 31.9 Å². The summed E-state index contributed by atoms with van der Waals surface area (Å²) in [6.45, 7) is 9.09. The molecule has 2 aromatic rings. The maximum absolute atomic E-state index is 3.78. The van der Waals surface area contributed by atoms with E-state index in [9.17, 15) is 0 Å². The van der Waals surface area contributed by atoms with E-state index in [4.69, 9.17) is 0 Å². The number of hydrogen-bond acceptors (Lipinski definition) is 1. The SMILES string of the molecule is C=CCC(C)NCc1c(C)c2ccccc2n1C. The fraction of sp³-hybridized carbons (Fsp3) is 0.375. The van der Waals surface area contributed by atoms with Gasteiger partial charge >= 0.3 is 0 Å². The molecule has 1 heterocycles. The Morgan fingerprint density at radius 3 is 2.78 bits per heavy atom. The Kier molecular flexibility index (Phi) is 3.87. The van der Waals surface area contributed by atoms with E-state index in [2.05, 4.69) is 61.6 Å². The van der Waals surface area contributed by atoms with Crippen molar-refractivity contribution in [3.63, 3.8) is 0 Å². The fourth-order valence-corrected chi connectivity index (χ4v) is 2.49. The standard InChI is InChI=1S/C16H22N2/c1-5-8-12(2)17-11-16-13(3)14-9-6-7-10-15(14)18(16)4/h5-7,9-10,12,17H,1,8,11H2,2-4H3. The molecule has 2 nitrogen and oxygen atoms in total. The first kappa shape index (κ1) is 12.9. The molecule has 2 rings (SSSR count). The van der Waals surface area contributed by atoms with Crippen LogP contribution in [0, 0.1) is 6.92 Å². The number of aryl methyl sites for hydroxylation is 2. The minimum absolute atomic E-state index is 0.472. The van der Waals surface area contributed by atoms with Crippen molar-refractivity contribution in [3.05, 3.63) is 48.2 Å².